The Morgan fingerprint density at radius 1 is 1.35 bits per heavy atom. The number of nitrogens with zero attached hydrogens (tertiary/aromatic N) is 3. The summed E-state index contributed by atoms with van der Waals surface area (Å²) in [6.07, 6.45) is -2.37. The summed E-state index contributed by atoms with van der Waals surface area (Å²) in [6.45, 7) is 3.60. The largest absolute Gasteiger partial charge is 0.418 e. The lowest BCUT2D eigenvalue weighted by Crippen LogP contribution is -2.50. The third kappa shape index (κ3) is 4.34. The summed E-state index contributed by atoms with van der Waals surface area (Å²) in [4.78, 5) is 12.3. The number of hydrogen-bond acceptors (Lipinski definition) is 4. The minimum absolute atomic E-state index is 0. The Kier molecular flexibility index (Phi) is 6.25. The number of benzene rings is 1. The number of amides is 1. The number of rotatable bonds is 3. The molecule has 1 fully saturated rings. The molecule has 0 saturated carbocycles. The van der Waals surface area contributed by atoms with Gasteiger partial charge in [-0.1, -0.05) is 24.3 Å². The molecule has 1 saturated heterocycles. The van der Waals surface area contributed by atoms with E-state index in [0.717, 1.165) is 23.7 Å². The molecule has 142 valence electrons. The van der Waals surface area contributed by atoms with Gasteiger partial charge in [0.15, 0.2) is 5.69 Å². The molecule has 2 N–H and O–H groups in total. The number of aromatic nitrogens is 3. The fourth-order valence-corrected chi connectivity index (χ4v) is 2.82. The van der Waals surface area contributed by atoms with Gasteiger partial charge >= 0.3 is 6.18 Å². The number of piperidine rings is 1. The van der Waals surface area contributed by atoms with Crippen molar-refractivity contribution in [2.45, 2.75) is 25.6 Å². The molecule has 0 aliphatic carbocycles. The zero-order valence-electron chi connectivity index (χ0n) is 14.0. The Morgan fingerprint density at radius 3 is 2.77 bits per heavy atom. The number of carbonyl (C=O) groups is 1. The van der Waals surface area contributed by atoms with E-state index in [2.05, 4.69) is 20.9 Å². The van der Waals surface area contributed by atoms with Gasteiger partial charge in [0.25, 0.3) is 5.91 Å². The molecular formula is C16H19ClF3N5O. The molecule has 1 amide bonds. The van der Waals surface area contributed by atoms with Crippen molar-refractivity contribution >= 4 is 18.3 Å². The molecule has 3 rings (SSSR count). The van der Waals surface area contributed by atoms with Crippen molar-refractivity contribution in [2.24, 2.45) is 5.92 Å². The van der Waals surface area contributed by atoms with Crippen molar-refractivity contribution in [1.29, 1.82) is 0 Å². The average molecular weight is 390 g/mol. The Hall–Kier alpha value is -2.13. The van der Waals surface area contributed by atoms with Crippen LogP contribution in [-0.4, -0.2) is 40.0 Å². The summed E-state index contributed by atoms with van der Waals surface area (Å²) >= 11 is 0. The van der Waals surface area contributed by atoms with E-state index in [1.807, 2.05) is 6.92 Å². The second-order valence-electron chi connectivity index (χ2n) is 6.11. The Labute approximate surface area is 154 Å². The van der Waals surface area contributed by atoms with Crippen LogP contribution in [0.25, 0.3) is 5.69 Å². The molecule has 0 radical (unpaired) electrons. The van der Waals surface area contributed by atoms with Gasteiger partial charge in [0.05, 0.1) is 17.4 Å². The van der Waals surface area contributed by atoms with Crippen molar-refractivity contribution in [3.8, 4) is 5.69 Å². The zero-order chi connectivity index (χ0) is 18.0. The van der Waals surface area contributed by atoms with Crippen LogP contribution in [-0.2, 0) is 6.18 Å². The van der Waals surface area contributed by atoms with Crippen molar-refractivity contribution in [1.82, 2.24) is 25.6 Å². The van der Waals surface area contributed by atoms with Gasteiger partial charge in [-0.3, -0.25) is 4.79 Å². The third-order valence-corrected chi connectivity index (χ3v) is 4.33. The first-order chi connectivity index (χ1) is 11.9. The number of nitrogens with one attached hydrogen (secondary N) is 2. The number of alkyl halides is 3. The molecule has 1 aliphatic heterocycles. The second-order valence-corrected chi connectivity index (χ2v) is 6.11. The zero-order valence-corrected chi connectivity index (χ0v) is 14.8. The van der Waals surface area contributed by atoms with E-state index >= 15 is 0 Å². The van der Waals surface area contributed by atoms with Gasteiger partial charge in [-0.15, -0.1) is 17.5 Å². The van der Waals surface area contributed by atoms with Crippen LogP contribution >= 0.6 is 12.4 Å². The summed E-state index contributed by atoms with van der Waals surface area (Å²) in [5.74, 6) is -0.137. The predicted molar refractivity (Wildman–Crippen MR) is 91.5 cm³/mol. The van der Waals surface area contributed by atoms with Crippen molar-refractivity contribution in [3.63, 3.8) is 0 Å². The fourth-order valence-electron chi connectivity index (χ4n) is 2.82. The number of halogens is 4. The van der Waals surface area contributed by atoms with Gasteiger partial charge in [-0.05, 0) is 31.0 Å². The number of hydrogen-bond donors (Lipinski definition) is 2. The van der Waals surface area contributed by atoms with Crippen LogP contribution < -0.4 is 10.6 Å². The van der Waals surface area contributed by atoms with Crippen LogP contribution in [0, 0.1) is 5.92 Å². The molecule has 2 unspecified atom stereocenters. The van der Waals surface area contributed by atoms with E-state index in [9.17, 15) is 18.0 Å². The van der Waals surface area contributed by atoms with E-state index in [-0.39, 0.29) is 29.8 Å². The quantitative estimate of drug-likeness (QED) is 0.845. The highest BCUT2D eigenvalue weighted by Crippen LogP contribution is 2.33. The summed E-state index contributed by atoms with van der Waals surface area (Å²) in [7, 11) is 0. The van der Waals surface area contributed by atoms with Gasteiger partial charge in [-0.2, -0.15) is 13.2 Å². The maximum absolute atomic E-state index is 13.1. The lowest BCUT2D eigenvalue weighted by Gasteiger charge is -2.29. The van der Waals surface area contributed by atoms with Crippen molar-refractivity contribution in [2.75, 3.05) is 13.1 Å². The highest BCUT2D eigenvalue weighted by Gasteiger charge is 2.34. The molecule has 0 bridgehead atoms. The molecule has 2 aromatic rings. The lowest BCUT2D eigenvalue weighted by molar-refractivity contribution is -0.137. The van der Waals surface area contributed by atoms with E-state index < -0.39 is 17.6 Å². The predicted octanol–water partition coefficient (Wildman–Crippen LogP) is 2.44. The van der Waals surface area contributed by atoms with E-state index in [1.54, 1.807) is 0 Å². The molecule has 2 atom stereocenters. The topological polar surface area (TPSA) is 71.8 Å². The summed E-state index contributed by atoms with van der Waals surface area (Å²) < 4.78 is 40.3. The lowest BCUT2D eigenvalue weighted by atomic mass is 9.95. The Balaban J connectivity index is 0.00000243. The average Bonchev–Trinajstić information content (AvgIpc) is 3.06. The highest BCUT2D eigenvalue weighted by atomic mass is 35.5. The van der Waals surface area contributed by atoms with Crippen molar-refractivity contribution < 1.29 is 18.0 Å². The maximum Gasteiger partial charge on any atom is 0.418 e. The van der Waals surface area contributed by atoms with Gasteiger partial charge in [-0.25, -0.2) is 4.68 Å². The second kappa shape index (κ2) is 8.05. The van der Waals surface area contributed by atoms with Gasteiger partial charge in [0.1, 0.15) is 0 Å². The summed E-state index contributed by atoms with van der Waals surface area (Å²) in [6, 6.07) is 4.97. The number of para-hydroxylation sites is 1. The summed E-state index contributed by atoms with van der Waals surface area (Å²) in [5, 5.41) is 13.5. The first-order valence-electron chi connectivity index (χ1n) is 7.97. The molecule has 1 aliphatic rings. The van der Waals surface area contributed by atoms with Crippen LogP contribution in [0.15, 0.2) is 30.5 Å². The first-order valence-corrected chi connectivity index (χ1v) is 7.97. The van der Waals surface area contributed by atoms with E-state index in [1.165, 1.54) is 24.4 Å². The summed E-state index contributed by atoms with van der Waals surface area (Å²) in [5.41, 5.74) is -1.03. The highest BCUT2D eigenvalue weighted by molar-refractivity contribution is 5.92. The fraction of sp³-hybridized carbons (Fsp3) is 0.438. The molecule has 0 spiro atoms. The standard InChI is InChI=1S/C16H18F3N5O.ClH/c1-10-6-7-20-8-12(10)21-15(25)13-9-24(23-22-13)14-5-3-2-4-11(14)16(17,18)19;/h2-5,9-10,12,20H,6-8H2,1H3,(H,21,25);1H. The SMILES string of the molecule is CC1CCNCC1NC(=O)c1cn(-c2ccccc2C(F)(F)F)nn1.Cl. The van der Waals surface area contributed by atoms with Crippen LogP contribution in [0.2, 0.25) is 0 Å². The number of carbonyl (C=O) groups excluding carboxylic acids is 1. The molecule has 1 aromatic heterocycles. The molecule has 10 heteroatoms. The molecular weight excluding hydrogens is 371 g/mol. The molecule has 2 heterocycles. The van der Waals surface area contributed by atoms with Gasteiger partial charge in [0, 0.05) is 12.6 Å². The van der Waals surface area contributed by atoms with E-state index in [4.69, 9.17) is 0 Å². The Morgan fingerprint density at radius 2 is 2.08 bits per heavy atom. The van der Waals surface area contributed by atoms with Crippen LogP contribution in [0.5, 0.6) is 0 Å². The van der Waals surface area contributed by atoms with Gasteiger partial charge < -0.3 is 10.6 Å². The van der Waals surface area contributed by atoms with Crippen molar-refractivity contribution in [3.05, 3.63) is 41.7 Å². The van der Waals surface area contributed by atoms with Gasteiger partial charge in [0.2, 0.25) is 0 Å². The van der Waals surface area contributed by atoms with Crippen LogP contribution in [0.4, 0.5) is 13.2 Å². The third-order valence-electron chi connectivity index (χ3n) is 4.33. The normalized spacial score (nSPS) is 20.3. The monoisotopic (exact) mass is 389 g/mol. The first kappa shape index (κ1) is 20.2. The minimum Gasteiger partial charge on any atom is -0.346 e. The Bertz CT molecular complexity index is 764. The maximum atomic E-state index is 13.1. The smallest absolute Gasteiger partial charge is 0.346 e. The molecule has 1 aromatic carbocycles. The van der Waals surface area contributed by atoms with Crippen LogP contribution in [0.1, 0.15) is 29.4 Å². The van der Waals surface area contributed by atoms with Crippen LogP contribution in [0.3, 0.4) is 0 Å². The minimum atomic E-state index is -4.52. The molecule has 6 nitrogen and oxygen atoms in total. The van der Waals surface area contributed by atoms with E-state index in [0.29, 0.717) is 12.5 Å². The molecule has 26 heavy (non-hydrogen) atoms.